The molecule has 1 aromatic rings. The molecular weight excluding hydrogens is 214 g/mol. The van der Waals surface area contributed by atoms with Crippen LogP contribution in [0.25, 0.3) is 0 Å². The highest BCUT2D eigenvalue weighted by molar-refractivity contribution is 5.42. The fraction of sp³-hybridized carbons (Fsp3) is 0.429. The highest BCUT2D eigenvalue weighted by atomic mass is 16.5. The van der Waals surface area contributed by atoms with Crippen LogP contribution in [0.4, 0.5) is 0 Å². The third-order valence-corrected chi connectivity index (χ3v) is 2.62. The summed E-state index contributed by atoms with van der Waals surface area (Å²) in [6.45, 7) is 4.50. The first-order valence-corrected chi connectivity index (χ1v) is 5.61. The summed E-state index contributed by atoms with van der Waals surface area (Å²) in [4.78, 5) is 2.18. The molecular formula is C14H19NO2. The molecule has 0 saturated heterocycles. The minimum atomic E-state index is 0.658. The van der Waals surface area contributed by atoms with Gasteiger partial charge in [0.1, 0.15) is 0 Å². The van der Waals surface area contributed by atoms with Crippen molar-refractivity contribution in [3.63, 3.8) is 0 Å². The number of terminal acetylenes is 1. The quantitative estimate of drug-likeness (QED) is 0.703. The van der Waals surface area contributed by atoms with E-state index in [1.165, 1.54) is 5.56 Å². The number of hydrogen-bond acceptors (Lipinski definition) is 3. The van der Waals surface area contributed by atoms with Crippen molar-refractivity contribution in [1.29, 1.82) is 0 Å². The van der Waals surface area contributed by atoms with Crippen LogP contribution >= 0.6 is 0 Å². The predicted octanol–water partition coefficient (Wildman–Crippen LogP) is 2.16. The van der Waals surface area contributed by atoms with E-state index in [2.05, 4.69) is 17.7 Å². The molecule has 0 unspecified atom stereocenters. The summed E-state index contributed by atoms with van der Waals surface area (Å²) in [5, 5.41) is 0. The van der Waals surface area contributed by atoms with Gasteiger partial charge in [-0.2, -0.15) is 0 Å². The highest BCUT2D eigenvalue weighted by Crippen LogP contribution is 2.27. The number of nitrogens with zero attached hydrogens (tertiary/aromatic N) is 1. The lowest BCUT2D eigenvalue weighted by Crippen LogP contribution is -2.22. The number of methoxy groups -OCH3 is 2. The van der Waals surface area contributed by atoms with Crippen molar-refractivity contribution in [2.45, 2.75) is 13.5 Å². The lowest BCUT2D eigenvalue weighted by atomic mass is 10.2. The molecule has 0 aliphatic rings. The molecule has 0 spiro atoms. The first-order valence-electron chi connectivity index (χ1n) is 5.61. The van der Waals surface area contributed by atoms with Crippen molar-refractivity contribution in [1.82, 2.24) is 4.90 Å². The van der Waals surface area contributed by atoms with Crippen molar-refractivity contribution in [2.24, 2.45) is 0 Å². The Kier molecular flexibility index (Phi) is 5.38. The molecule has 1 rings (SSSR count). The number of hydrogen-bond donors (Lipinski definition) is 0. The van der Waals surface area contributed by atoms with Gasteiger partial charge in [-0.15, -0.1) is 6.42 Å². The Bertz CT molecular complexity index is 396. The van der Waals surface area contributed by atoms with E-state index in [0.29, 0.717) is 6.54 Å². The van der Waals surface area contributed by atoms with Gasteiger partial charge in [0.2, 0.25) is 0 Å². The van der Waals surface area contributed by atoms with Gasteiger partial charge in [-0.3, -0.25) is 4.90 Å². The Hall–Kier alpha value is -1.66. The van der Waals surface area contributed by atoms with E-state index in [1.54, 1.807) is 14.2 Å². The van der Waals surface area contributed by atoms with Crippen LogP contribution < -0.4 is 9.47 Å². The first kappa shape index (κ1) is 13.4. The highest BCUT2D eigenvalue weighted by Gasteiger charge is 2.07. The molecule has 0 bridgehead atoms. The van der Waals surface area contributed by atoms with Gasteiger partial charge in [-0.1, -0.05) is 18.9 Å². The largest absolute Gasteiger partial charge is 0.493 e. The van der Waals surface area contributed by atoms with Crippen molar-refractivity contribution >= 4 is 0 Å². The van der Waals surface area contributed by atoms with Gasteiger partial charge in [0.15, 0.2) is 11.5 Å². The van der Waals surface area contributed by atoms with Gasteiger partial charge >= 0.3 is 0 Å². The summed E-state index contributed by atoms with van der Waals surface area (Å²) in [7, 11) is 3.27. The third kappa shape index (κ3) is 3.69. The SMILES string of the molecule is C#CCN(CC)Cc1ccc(OC)c(OC)c1. The van der Waals surface area contributed by atoms with Gasteiger partial charge < -0.3 is 9.47 Å². The van der Waals surface area contributed by atoms with Crippen molar-refractivity contribution in [3.8, 4) is 23.8 Å². The normalized spacial score (nSPS) is 10.1. The lowest BCUT2D eigenvalue weighted by Gasteiger charge is -2.18. The molecule has 17 heavy (non-hydrogen) atoms. The second-order valence-electron chi connectivity index (χ2n) is 3.70. The maximum Gasteiger partial charge on any atom is 0.161 e. The Morgan fingerprint density at radius 1 is 1.24 bits per heavy atom. The fourth-order valence-corrected chi connectivity index (χ4v) is 1.65. The molecule has 0 fully saturated rings. The zero-order valence-corrected chi connectivity index (χ0v) is 10.7. The lowest BCUT2D eigenvalue weighted by molar-refractivity contribution is 0.314. The Morgan fingerprint density at radius 3 is 2.47 bits per heavy atom. The molecule has 0 heterocycles. The van der Waals surface area contributed by atoms with Crippen molar-refractivity contribution < 1.29 is 9.47 Å². The molecule has 3 nitrogen and oxygen atoms in total. The Morgan fingerprint density at radius 2 is 1.94 bits per heavy atom. The maximum absolute atomic E-state index is 5.32. The maximum atomic E-state index is 5.32. The Balaban J connectivity index is 2.81. The van der Waals surface area contributed by atoms with Gasteiger partial charge in [-0.25, -0.2) is 0 Å². The minimum absolute atomic E-state index is 0.658. The van der Waals surface area contributed by atoms with Crippen LogP contribution in [0.3, 0.4) is 0 Å². The molecule has 0 saturated carbocycles. The summed E-state index contributed by atoms with van der Waals surface area (Å²) < 4.78 is 10.5. The van der Waals surface area contributed by atoms with E-state index < -0.39 is 0 Å². The molecule has 0 amide bonds. The summed E-state index contributed by atoms with van der Waals surface area (Å²) in [5.41, 5.74) is 1.17. The van der Waals surface area contributed by atoms with Crippen LogP contribution in [0.1, 0.15) is 12.5 Å². The smallest absolute Gasteiger partial charge is 0.161 e. The van der Waals surface area contributed by atoms with Crippen molar-refractivity contribution in [2.75, 3.05) is 27.3 Å². The van der Waals surface area contributed by atoms with Crippen LogP contribution in [0.2, 0.25) is 0 Å². The molecule has 0 aromatic heterocycles. The molecule has 0 radical (unpaired) electrons. The van der Waals surface area contributed by atoms with E-state index in [-0.39, 0.29) is 0 Å². The second-order valence-corrected chi connectivity index (χ2v) is 3.70. The molecule has 3 heteroatoms. The van der Waals surface area contributed by atoms with E-state index in [4.69, 9.17) is 15.9 Å². The van der Waals surface area contributed by atoms with Crippen molar-refractivity contribution in [3.05, 3.63) is 23.8 Å². The van der Waals surface area contributed by atoms with E-state index >= 15 is 0 Å². The van der Waals surface area contributed by atoms with Gasteiger partial charge in [0.05, 0.1) is 20.8 Å². The average Bonchev–Trinajstić information content (AvgIpc) is 2.38. The summed E-state index contributed by atoms with van der Waals surface area (Å²) in [5.74, 6) is 4.16. The first-order chi connectivity index (χ1) is 8.24. The predicted molar refractivity (Wildman–Crippen MR) is 69.3 cm³/mol. The zero-order valence-electron chi connectivity index (χ0n) is 10.7. The second kappa shape index (κ2) is 6.82. The number of benzene rings is 1. The third-order valence-electron chi connectivity index (χ3n) is 2.62. The average molecular weight is 233 g/mol. The van der Waals surface area contributed by atoms with E-state index in [1.807, 2.05) is 18.2 Å². The van der Waals surface area contributed by atoms with Gasteiger partial charge in [0.25, 0.3) is 0 Å². The Labute approximate surface area is 103 Å². The minimum Gasteiger partial charge on any atom is -0.493 e. The zero-order chi connectivity index (χ0) is 12.7. The summed E-state index contributed by atoms with van der Waals surface area (Å²) in [6.07, 6.45) is 5.32. The molecule has 0 aliphatic carbocycles. The van der Waals surface area contributed by atoms with Crippen LogP contribution in [-0.4, -0.2) is 32.2 Å². The molecule has 92 valence electrons. The standard InChI is InChI=1S/C14H19NO2/c1-5-9-15(6-2)11-12-7-8-13(16-3)14(10-12)17-4/h1,7-8,10H,6,9,11H2,2-4H3. The summed E-state index contributed by atoms with van der Waals surface area (Å²) >= 11 is 0. The van der Waals surface area contributed by atoms with E-state index in [9.17, 15) is 0 Å². The van der Waals surface area contributed by atoms with Crippen LogP contribution in [0.15, 0.2) is 18.2 Å². The van der Waals surface area contributed by atoms with Crippen LogP contribution in [0, 0.1) is 12.3 Å². The monoisotopic (exact) mass is 233 g/mol. The molecule has 0 aliphatic heterocycles. The van der Waals surface area contributed by atoms with Crippen LogP contribution in [-0.2, 0) is 6.54 Å². The van der Waals surface area contributed by atoms with E-state index in [0.717, 1.165) is 24.6 Å². The number of ether oxygens (including phenoxy) is 2. The fourth-order valence-electron chi connectivity index (χ4n) is 1.65. The van der Waals surface area contributed by atoms with Gasteiger partial charge in [0, 0.05) is 6.54 Å². The molecule has 0 N–H and O–H groups in total. The van der Waals surface area contributed by atoms with Crippen LogP contribution in [0.5, 0.6) is 11.5 Å². The van der Waals surface area contributed by atoms with Gasteiger partial charge in [-0.05, 0) is 24.2 Å². The topological polar surface area (TPSA) is 21.7 Å². The number of rotatable bonds is 6. The molecule has 0 atom stereocenters. The summed E-state index contributed by atoms with van der Waals surface area (Å²) in [6, 6.07) is 5.93. The molecule has 1 aromatic carbocycles.